The van der Waals surface area contributed by atoms with E-state index in [4.69, 9.17) is 16.7 Å². The summed E-state index contributed by atoms with van der Waals surface area (Å²) < 4.78 is 0. The van der Waals surface area contributed by atoms with Crippen molar-refractivity contribution < 1.29 is 9.90 Å². The number of hydrogen-bond acceptors (Lipinski definition) is 5. The van der Waals surface area contributed by atoms with Gasteiger partial charge in [-0.3, -0.25) is 10.6 Å². The van der Waals surface area contributed by atoms with E-state index in [1.807, 2.05) is 13.8 Å². The fourth-order valence-corrected chi connectivity index (χ4v) is 1.25. The molecule has 0 bridgehead atoms. The Morgan fingerprint density at radius 1 is 1.41 bits per heavy atom. The third-order valence-corrected chi connectivity index (χ3v) is 2.46. The third kappa shape index (κ3) is 8.53. The van der Waals surface area contributed by atoms with Crippen molar-refractivity contribution >= 4 is 5.91 Å². The Hall–Kier alpha value is -1.27. The van der Waals surface area contributed by atoms with Gasteiger partial charge in [0.15, 0.2) is 0 Å². The number of rotatable bonds is 8. The van der Waals surface area contributed by atoms with Gasteiger partial charge in [-0.2, -0.15) is 0 Å². The van der Waals surface area contributed by atoms with Crippen molar-refractivity contribution in [2.24, 2.45) is 17.0 Å². The van der Waals surface area contributed by atoms with E-state index in [-0.39, 0.29) is 17.9 Å². The Kier molecular flexibility index (Phi) is 7.32. The molecule has 0 heterocycles. The van der Waals surface area contributed by atoms with Crippen LogP contribution in [0.15, 0.2) is 11.9 Å². The molecule has 0 aromatic carbocycles. The second kappa shape index (κ2) is 7.92. The average Bonchev–Trinajstić information content (AvgIpc) is 2.24. The number of allylic oxidation sites excluding steroid dienone is 1. The van der Waals surface area contributed by atoms with Crippen molar-refractivity contribution in [2.75, 3.05) is 13.2 Å². The molecule has 0 rings (SSSR count). The molecule has 100 valence electrons. The number of carbonyl (C=O) groups excluding carboxylic acids is 1. The highest BCUT2D eigenvalue weighted by Crippen LogP contribution is 2.17. The minimum atomic E-state index is -0.0927. The monoisotopic (exact) mass is 244 g/mol. The molecule has 0 aliphatic carbocycles. The quantitative estimate of drug-likeness (QED) is 0.293. The SMILES string of the molecule is CC(C)(CCO)CNC(=O)CC/C(N)=C/NN. The van der Waals surface area contributed by atoms with Crippen molar-refractivity contribution in [1.82, 2.24) is 10.7 Å². The van der Waals surface area contributed by atoms with Crippen molar-refractivity contribution in [3.8, 4) is 0 Å². The van der Waals surface area contributed by atoms with Gasteiger partial charge in [-0.25, -0.2) is 0 Å². The Balaban J connectivity index is 3.84. The minimum Gasteiger partial charge on any atom is -0.401 e. The second-order valence-corrected chi connectivity index (χ2v) is 4.80. The first-order valence-corrected chi connectivity index (χ1v) is 5.69. The number of hydrazine groups is 1. The van der Waals surface area contributed by atoms with Crippen molar-refractivity contribution in [1.29, 1.82) is 0 Å². The van der Waals surface area contributed by atoms with E-state index in [2.05, 4.69) is 10.7 Å². The van der Waals surface area contributed by atoms with Crippen LogP contribution in [0.3, 0.4) is 0 Å². The highest BCUT2D eigenvalue weighted by Gasteiger charge is 2.17. The zero-order chi connectivity index (χ0) is 13.3. The number of nitrogens with two attached hydrogens (primary N) is 2. The van der Waals surface area contributed by atoms with E-state index in [0.29, 0.717) is 31.5 Å². The molecule has 0 aliphatic rings. The summed E-state index contributed by atoms with van der Waals surface area (Å²) in [4.78, 5) is 11.5. The highest BCUT2D eigenvalue weighted by molar-refractivity contribution is 5.76. The molecular formula is C11H24N4O2. The fourth-order valence-electron chi connectivity index (χ4n) is 1.25. The van der Waals surface area contributed by atoms with E-state index < -0.39 is 0 Å². The molecule has 0 radical (unpaired) electrons. The Bertz CT molecular complexity index is 264. The van der Waals surface area contributed by atoms with Gasteiger partial charge in [-0.05, 0) is 18.3 Å². The van der Waals surface area contributed by atoms with Gasteiger partial charge in [0.05, 0.1) is 0 Å². The van der Waals surface area contributed by atoms with Gasteiger partial charge in [0.2, 0.25) is 5.91 Å². The fraction of sp³-hybridized carbons (Fsp3) is 0.727. The molecule has 0 saturated carbocycles. The van der Waals surface area contributed by atoms with E-state index in [0.717, 1.165) is 0 Å². The van der Waals surface area contributed by atoms with Gasteiger partial charge >= 0.3 is 0 Å². The molecule has 0 spiro atoms. The van der Waals surface area contributed by atoms with Gasteiger partial charge in [0, 0.05) is 31.5 Å². The van der Waals surface area contributed by atoms with Crippen LogP contribution in [0.2, 0.25) is 0 Å². The van der Waals surface area contributed by atoms with Crippen LogP contribution >= 0.6 is 0 Å². The van der Waals surface area contributed by atoms with Gasteiger partial charge < -0.3 is 21.6 Å². The molecule has 6 nitrogen and oxygen atoms in total. The van der Waals surface area contributed by atoms with Gasteiger partial charge in [-0.15, -0.1) is 0 Å². The Morgan fingerprint density at radius 3 is 2.59 bits per heavy atom. The smallest absolute Gasteiger partial charge is 0.220 e. The molecule has 17 heavy (non-hydrogen) atoms. The van der Waals surface area contributed by atoms with Gasteiger partial charge in [0.1, 0.15) is 0 Å². The molecule has 0 fully saturated rings. The summed E-state index contributed by atoms with van der Waals surface area (Å²) in [6, 6.07) is 0. The first-order chi connectivity index (χ1) is 7.91. The maximum atomic E-state index is 11.5. The second-order valence-electron chi connectivity index (χ2n) is 4.80. The number of hydrogen-bond donors (Lipinski definition) is 5. The summed E-state index contributed by atoms with van der Waals surface area (Å²) in [5, 5.41) is 11.7. The maximum absolute atomic E-state index is 11.5. The molecule has 0 unspecified atom stereocenters. The van der Waals surface area contributed by atoms with Crippen LogP contribution in [0, 0.1) is 5.41 Å². The van der Waals surface area contributed by atoms with E-state index >= 15 is 0 Å². The van der Waals surface area contributed by atoms with Crippen LogP contribution in [-0.4, -0.2) is 24.2 Å². The zero-order valence-corrected chi connectivity index (χ0v) is 10.6. The van der Waals surface area contributed by atoms with Gasteiger partial charge in [-0.1, -0.05) is 13.8 Å². The summed E-state index contributed by atoms with van der Waals surface area (Å²) >= 11 is 0. The third-order valence-electron chi connectivity index (χ3n) is 2.46. The Morgan fingerprint density at radius 2 is 2.06 bits per heavy atom. The first-order valence-electron chi connectivity index (χ1n) is 5.69. The summed E-state index contributed by atoms with van der Waals surface area (Å²) in [5.41, 5.74) is 8.33. The predicted molar refractivity (Wildman–Crippen MR) is 67.3 cm³/mol. The molecule has 0 saturated heterocycles. The largest absolute Gasteiger partial charge is 0.401 e. The molecule has 1 amide bonds. The van der Waals surface area contributed by atoms with Gasteiger partial charge in [0.25, 0.3) is 0 Å². The minimum absolute atomic E-state index is 0.0515. The molecule has 0 atom stereocenters. The number of aliphatic hydroxyl groups is 1. The highest BCUT2D eigenvalue weighted by atomic mass is 16.3. The summed E-state index contributed by atoms with van der Waals surface area (Å²) in [7, 11) is 0. The first kappa shape index (κ1) is 15.7. The molecule has 0 aliphatic heterocycles. The lowest BCUT2D eigenvalue weighted by molar-refractivity contribution is -0.121. The molecule has 0 aromatic heterocycles. The standard InChI is InChI=1S/C11H24N4O2/c1-11(2,5-6-16)8-14-10(17)4-3-9(12)7-15-13/h7,15-16H,3-6,8,12-13H2,1-2H3,(H,14,17)/b9-7-. The zero-order valence-electron chi connectivity index (χ0n) is 10.6. The normalized spacial score (nSPS) is 12.4. The number of aliphatic hydroxyl groups excluding tert-OH is 1. The lowest BCUT2D eigenvalue weighted by atomic mass is 9.90. The summed E-state index contributed by atoms with van der Waals surface area (Å²) in [6.45, 7) is 4.66. The van der Waals surface area contributed by atoms with Crippen LogP contribution in [-0.2, 0) is 4.79 Å². The summed E-state index contributed by atoms with van der Waals surface area (Å²) in [6.07, 6.45) is 2.92. The lowest BCUT2D eigenvalue weighted by Crippen LogP contribution is -2.34. The van der Waals surface area contributed by atoms with Crippen LogP contribution in [0.1, 0.15) is 33.1 Å². The lowest BCUT2D eigenvalue weighted by Gasteiger charge is -2.23. The van der Waals surface area contributed by atoms with Crippen molar-refractivity contribution in [3.05, 3.63) is 11.9 Å². The number of nitrogens with one attached hydrogen (secondary N) is 2. The summed E-state index contributed by atoms with van der Waals surface area (Å²) in [5.74, 6) is 5.00. The predicted octanol–water partition coefficient (Wildman–Crippen LogP) is -0.445. The average molecular weight is 244 g/mol. The molecule has 0 aromatic rings. The van der Waals surface area contributed by atoms with E-state index in [9.17, 15) is 4.79 Å². The molecule has 6 heteroatoms. The number of carbonyl (C=O) groups is 1. The van der Waals surface area contributed by atoms with Crippen molar-refractivity contribution in [2.45, 2.75) is 33.1 Å². The number of amides is 1. The van der Waals surface area contributed by atoms with E-state index in [1.165, 1.54) is 6.20 Å². The van der Waals surface area contributed by atoms with Crippen LogP contribution in [0.4, 0.5) is 0 Å². The van der Waals surface area contributed by atoms with Crippen LogP contribution in [0.5, 0.6) is 0 Å². The maximum Gasteiger partial charge on any atom is 0.220 e. The van der Waals surface area contributed by atoms with Crippen LogP contribution in [0.25, 0.3) is 0 Å². The molecule has 7 N–H and O–H groups in total. The van der Waals surface area contributed by atoms with E-state index in [1.54, 1.807) is 0 Å². The van der Waals surface area contributed by atoms with Crippen LogP contribution < -0.4 is 22.3 Å². The molecular weight excluding hydrogens is 220 g/mol. The topological polar surface area (TPSA) is 113 Å². The Labute approximate surface area is 102 Å². The van der Waals surface area contributed by atoms with Crippen molar-refractivity contribution in [3.63, 3.8) is 0 Å².